The van der Waals surface area contributed by atoms with Gasteiger partial charge in [-0.1, -0.05) is 0 Å². The maximum Gasteiger partial charge on any atom is 0.418 e. The van der Waals surface area contributed by atoms with Gasteiger partial charge >= 0.3 is 12.3 Å². The molecule has 2 bridgehead atoms. The first kappa shape index (κ1) is 25.8. The van der Waals surface area contributed by atoms with Crippen molar-refractivity contribution in [1.29, 1.82) is 0 Å². The lowest BCUT2D eigenvalue weighted by Crippen LogP contribution is -2.56. The Kier molecular flexibility index (Phi) is 6.38. The van der Waals surface area contributed by atoms with Crippen molar-refractivity contribution in [2.45, 2.75) is 70.5 Å². The lowest BCUT2D eigenvalue weighted by Gasteiger charge is -2.40. The molecule has 3 atom stereocenters. The molecule has 3 aromatic rings. The summed E-state index contributed by atoms with van der Waals surface area (Å²) in [6, 6.07) is 1.25. The number of nitrogens with zero attached hydrogens (tertiary/aromatic N) is 4. The van der Waals surface area contributed by atoms with Crippen LogP contribution in [0.15, 0.2) is 22.1 Å². The zero-order chi connectivity index (χ0) is 26.7. The van der Waals surface area contributed by atoms with Gasteiger partial charge in [-0.05, 0) is 52.2 Å². The number of ether oxygens (including phenoxy) is 2. The molecule has 2 fully saturated rings. The quantitative estimate of drug-likeness (QED) is 0.388. The average Bonchev–Trinajstić information content (AvgIpc) is 3.53. The highest BCUT2D eigenvalue weighted by molar-refractivity contribution is 7.13. The smallest absolute Gasteiger partial charge is 0.418 e. The van der Waals surface area contributed by atoms with Gasteiger partial charge in [0.15, 0.2) is 5.58 Å². The van der Waals surface area contributed by atoms with Crippen LogP contribution < -0.4 is 4.90 Å². The number of halogens is 3. The first-order valence-electron chi connectivity index (χ1n) is 12.1. The number of methoxy groups -OCH3 is 1. The summed E-state index contributed by atoms with van der Waals surface area (Å²) in [5, 5.41) is 2.28. The van der Waals surface area contributed by atoms with E-state index in [1.165, 1.54) is 24.5 Å². The van der Waals surface area contributed by atoms with E-state index in [-0.39, 0.29) is 40.9 Å². The Labute approximate surface area is 216 Å². The maximum absolute atomic E-state index is 14.4. The summed E-state index contributed by atoms with van der Waals surface area (Å²) in [6.45, 7) is 7.79. The van der Waals surface area contributed by atoms with E-state index in [0.29, 0.717) is 23.7 Å². The minimum Gasteiger partial charge on any atom is -0.444 e. The Morgan fingerprint density at radius 1 is 1.22 bits per heavy atom. The highest BCUT2D eigenvalue weighted by Crippen LogP contribution is 2.46. The molecule has 0 saturated carbocycles. The highest BCUT2D eigenvalue weighted by Gasteiger charge is 2.46. The lowest BCUT2D eigenvalue weighted by atomic mass is 9.97. The van der Waals surface area contributed by atoms with Crippen LogP contribution in [-0.4, -0.2) is 58.8 Å². The van der Waals surface area contributed by atoms with E-state index in [0.717, 1.165) is 12.8 Å². The first-order valence-corrected chi connectivity index (χ1v) is 13.0. The molecular formula is C25H29F3N4O4S. The van der Waals surface area contributed by atoms with Gasteiger partial charge in [-0.15, -0.1) is 11.3 Å². The fourth-order valence-corrected chi connectivity index (χ4v) is 5.81. The van der Waals surface area contributed by atoms with Crippen LogP contribution in [0.25, 0.3) is 21.7 Å². The summed E-state index contributed by atoms with van der Waals surface area (Å²) in [7, 11) is 1.37. The van der Waals surface area contributed by atoms with Crippen LogP contribution >= 0.6 is 11.3 Å². The van der Waals surface area contributed by atoms with E-state index in [2.05, 4.69) is 9.97 Å². The van der Waals surface area contributed by atoms with Crippen LogP contribution in [0, 0.1) is 0 Å². The topological polar surface area (TPSA) is 80.9 Å². The molecule has 2 aliphatic heterocycles. The van der Waals surface area contributed by atoms with E-state index >= 15 is 0 Å². The number of hydrogen-bond acceptors (Lipinski definition) is 8. The molecule has 1 amide bonds. The van der Waals surface area contributed by atoms with Crippen molar-refractivity contribution in [1.82, 2.24) is 14.9 Å². The summed E-state index contributed by atoms with van der Waals surface area (Å²) in [5.41, 5.74) is -1.32. The molecule has 8 nitrogen and oxygen atoms in total. The van der Waals surface area contributed by atoms with E-state index < -0.39 is 23.4 Å². The number of thiazole rings is 1. The molecule has 200 valence electrons. The molecule has 0 spiro atoms. The number of oxazole rings is 1. The van der Waals surface area contributed by atoms with Gasteiger partial charge in [0.05, 0.1) is 29.3 Å². The predicted molar refractivity (Wildman–Crippen MR) is 133 cm³/mol. The monoisotopic (exact) mass is 538 g/mol. The van der Waals surface area contributed by atoms with Crippen LogP contribution in [0.2, 0.25) is 0 Å². The molecule has 0 aliphatic carbocycles. The third kappa shape index (κ3) is 4.76. The molecule has 0 N–H and O–H groups in total. The second-order valence-electron chi connectivity index (χ2n) is 10.5. The second-order valence-corrected chi connectivity index (χ2v) is 11.3. The minimum absolute atomic E-state index is 0.0256. The number of hydrogen-bond donors (Lipinski definition) is 0. The minimum atomic E-state index is -4.68. The Hall–Kier alpha value is -2.86. The van der Waals surface area contributed by atoms with Crippen LogP contribution in [0.1, 0.15) is 57.8 Å². The molecule has 0 radical (unpaired) electrons. The van der Waals surface area contributed by atoms with Gasteiger partial charge in [0, 0.05) is 31.8 Å². The fourth-order valence-electron chi connectivity index (χ4n) is 5.16. The standard InChI is InChI=1S/C25H29F3N4O4S/c1-13(34-5)16-10-17(21-29-8-9-37-21)20-19(18(16)25(26,27)28)30-22(35-20)31-11-14-6-7-15(12-31)32(14)23(33)36-24(2,3)4/h8-10,13-15H,6-7,11-12H2,1-5H3. The Bertz CT molecular complexity index is 1290. The van der Waals surface area contributed by atoms with Gasteiger partial charge in [0.1, 0.15) is 16.1 Å². The van der Waals surface area contributed by atoms with Gasteiger partial charge in [-0.2, -0.15) is 18.2 Å². The van der Waals surface area contributed by atoms with Crippen molar-refractivity contribution in [3.63, 3.8) is 0 Å². The molecule has 1 aromatic carbocycles. The number of rotatable bonds is 4. The number of carbonyl (C=O) groups excluding carboxylic acids is 1. The van der Waals surface area contributed by atoms with Crippen molar-refractivity contribution in [3.05, 3.63) is 28.8 Å². The third-order valence-electron chi connectivity index (χ3n) is 6.78. The summed E-state index contributed by atoms with van der Waals surface area (Å²) < 4.78 is 60.1. The number of benzene rings is 1. The van der Waals surface area contributed by atoms with Crippen molar-refractivity contribution in [2.24, 2.45) is 0 Å². The Morgan fingerprint density at radius 3 is 2.43 bits per heavy atom. The number of alkyl halides is 3. The van der Waals surface area contributed by atoms with Crippen LogP contribution in [0.3, 0.4) is 0 Å². The van der Waals surface area contributed by atoms with Crippen molar-refractivity contribution >= 4 is 34.5 Å². The summed E-state index contributed by atoms with van der Waals surface area (Å²) in [5.74, 6) is 0. The summed E-state index contributed by atoms with van der Waals surface area (Å²) in [6.07, 6.45) is -2.74. The second kappa shape index (κ2) is 9.16. The number of amides is 1. The Morgan fingerprint density at radius 2 is 1.89 bits per heavy atom. The molecular weight excluding hydrogens is 509 g/mol. The largest absolute Gasteiger partial charge is 0.444 e. The zero-order valence-corrected chi connectivity index (χ0v) is 22.1. The zero-order valence-electron chi connectivity index (χ0n) is 21.3. The van der Waals surface area contributed by atoms with Gasteiger partial charge < -0.3 is 18.8 Å². The number of fused-ring (bicyclic) bond motifs is 3. The van der Waals surface area contributed by atoms with Crippen molar-refractivity contribution in [3.8, 4) is 10.6 Å². The summed E-state index contributed by atoms with van der Waals surface area (Å²) in [4.78, 5) is 25.1. The maximum atomic E-state index is 14.4. The molecule has 2 saturated heterocycles. The lowest BCUT2D eigenvalue weighted by molar-refractivity contribution is -0.138. The molecule has 3 unspecified atom stereocenters. The molecule has 4 heterocycles. The molecule has 12 heteroatoms. The number of anilines is 1. The van der Waals surface area contributed by atoms with Gasteiger partial charge in [-0.25, -0.2) is 9.78 Å². The predicted octanol–water partition coefficient (Wildman–Crippen LogP) is 6.27. The van der Waals surface area contributed by atoms with Crippen molar-refractivity contribution in [2.75, 3.05) is 25.1 Å². The third-order valence-corrected chi connectivity index (χ3v) is 7.59. The first-order chi connectivity index (χ1) is 17.4. The van der Waals surface area contributed by atoms with Gasteiger partial charge in [0.2, 0.25) is 0 Å². The molecule has 2 aromatic heterocycles. The number of carbonyl (C=O) groups is 1. The van der Waals surface area contributed by atoms with E-state index in [1.807, 2.05) is 25.7 Å². The van der Waals surface area contributed by atoms with E-state index in [4.69, 9.17) is 13.9 Å². The van der Waals surface area contributed by atoms with Gasteiger partial charge in [-0.3, -0.25) is 4.90 Å². The number of piperazine rings is 1. The van der Waals surface area contributed by atoms with Gasteiger partial charge in [0.25, 0.3) is 6.01 Å². The Balaban J connectivity index is 1.57. The molecule has 37 heavy (non-hydrogen) atoms. The number of aromatic nitrogens is 2. The molecule has 2 aliphatic rings. The molecule has 5 rings (SSSR count). The SMILES string of the molecule is COC(C)c1cc(-c2nccs2)c2oc(N3CC4CCC(C3)N4C(=O)OC(C)(C)C)nc2c1C(F)(F)F. The van der Waals surface area contributed by atoms with Crippen LogP contribution in [-0.2, 0) is 15.7 Å². The summed E-state index contributed by atoms with van der Waals surface area (Å²) >= 11 is 1.30. The average molecular weight is 539 g/mol. The van der Waals surface area contributed by atoms with Crippen LogP contribution in [0.5, 0.6) is 0 Å². The normalized spacial score (nSPS) is 21.1. The van der Waals surface area contributed by atoms with Crippen LogP contribution in [0.4, 0.5) is 24.0 Å². The highest BCUT2D eigenvalue weighted by atomic mass is 32.1. The van der Waals surface area contributed by atoms with E-state index in [1.54, 1.807) is 23.4 Å². The van der Waals surface area contributed by atoms with E-state index in [9.17, 15) is 18.0 Å². The van der Waals surface area contributed by atoms with Crippen molar-refractivity contribution < 1.29 is 31.9 Å². The fraction of sp³-hybridized carbons (Fsp3) is 0.560.